The summed E-state index contributed by atoms with van der Waals surface area (Å²) in [6.45, 7) is 9.60. The molecule has 0 unspecified atom stereocenters. The van der Waals surface area contributed by atoms with Gasteiger partial charge in [0, 0.05) is 33.7 Å². The first kappa shape index (κ1) is 33.7. The Morgan fingerprint density at radius 1 is 0.886 bits per heavy atom. The van der Waals surface area contributed by atoms with Crippen molar-refractivity contribution in [1.82, 2.24) is 14.8 Å². The molecule has 1 heterocycles. The molecular weight excluding hydrogens is 587 g/mol. The van der Waals surface area contributed by atoms with Gasteiger partial charge in [-0.25, -0.2) is 0 Å². The van der Waals surface area contributed by atoms with Gasteiger partial charge in [0.05, 0.1) is 20.1 Å². The Labute approximate surface area is 271 Å². The molecule has 0 saturated heterocycles. The van der Waals surface area contributed by atoms with Crippen LogP contribution in [0.4, 0.5) is 0 Å². The third-order valence-corrected chi connectivity index (χ3v) is 9.58. The van der Waals surface area contributed by atoms with Crippen LogP contribution in [-0.2, 0) is 34.2 Å². The van der Waals surface area contributed by atoms with Crippen molar-refractivity contribution in [3.8, 4) is 17.1 Å². The molecule has 0 saturated carbocycles. The monoisotopic (exact) mass is 631 g/mol. The fourth-order valence-electron chi connectivity index (χ4n) is 4.72. The number of rotatable bonds is 15. The Morgan fingerprint density at radius 2 is 1.59 bits per heavy atom. The molecule has 6 nitrogen and oxygen atoms in total. The van der Waals surface area contributed by atoms with Crippen molar-refractivity contribution in [2.24, 2.45) is 7.05 Å². The molecule has 0 atom stereocenters. The minimum atomic E-state index is -0.229. The van der Waals surface area contributed by atoms with Crippen molar-refractivity contribution in [3.63, 3.8) is 0 Å². The van der Waals surface area contributed by atoms with Gasteiger partial charge in [-0.2, -0.15) is 0 Å². The molecule has 0 bridgehead atoms. The summed E-state index contributed by atoms with van der Waals surface area (Å²) in [5.41, 5.74) is 4.56. The quantitative estimate of drug-likeness (QED) is 0.0736. The van der Waals surface area contributed by atoms with Crippen LogP contribution < -0.4 is 4.74 Å². The molecular formula is C36H45N3O3S2. The number of benzene rings is 3. The van der Waals surface area contributed by atoms with E-state index in [9.17, 15) is 4.79 Å². The molecule has 0 fully saturated rings. The van der Waals surface area contributed by atoms with Crippen LogP contribution in [0.25, 0.3) is 11.4 Å². The number of hydrogen-bond acceptors (Lipinski definition) is 7. The maximum atomic E-state index is 11.6. The summed E-state index contributed by atoms with van der Waals surface area (Å²) in [6.07, 6.45) is 6.27. The molecule has 0 aliphatic rings. The molecule has 0 amide bonds. The highest BCUT2D eigenvalue weighted by Gasteiger charge is 2.17. The molecule has 0 spiro atoms. The van der Waals surface area contributed by atoms with E-state index in [2.05, 4.69) is 97.1 Å². The summed E-state index contributed by atoms with van der Waals surface area (Å²) >= 11 is 3.36. The second-order valence-electron chi connectivity index (χ2n) is 12.0. The molecule has 0 N–H and O–H groups in total. The molecule has 44 heavy (non-hydrogen) atoms. The molecule has 4 rings (SSSR count). The van der Waals surface area contributed by atoms with E-state index < -0.39 is 0 Å². The summed E-state index contributed by atoms with van der Waals surface area (Å²) in [6, 6.07) is 23.1. The van der Waals surface area contributed by atoms with E-state index in [4.69, 9.17) is 9.47 Å². The van der Waals surface area contributed by atoms with E-state index >= 15 is 0 Å². The zero-order chi connectivity index (χ0) is 31.5. The lowest BCUT2D eigenvalue weighted by Gasteiger charge is -2.19. The fourth-order valence-corrected chi connectivity index (χ4v) is 6.43. The van der Waals surface area contributed by atoms with E-state index in [1.165, 1.54) is 38.4 Å². The van der Waals surface area contributed by atoms with Gasteiger partial charge >= 0.3 is 5.97 Å². The second kappa shape index (κ2) is 16.2. The number of unbranched alkanes of at least 4 members (excludes halogenated alkanes) is 4. The van der Waals surface area contributed by atoms with Crippen molar-refractivity contribution in [2.45, 2.75) is 92.3 Å². The summed E-state index contributed by atoms with van der Waals surface area (Å²) in [5, 5.41) is 9.88. The molecule has 234 valence electrons. The molecule has 8 heteroatoms. The minimum absolute atomic E-state index is 0.107. The van der Waals surface area contributed by atoms with Gasteiger partial charge in [0.15, 0.2) is 11.0 Å². The summed E-state index contributed by atoms with van der Waals surface area (Å²) in [4.78, 5) is 13.8. The molecule has 1 aromatic heterocycles. The average Bonchev–Trinajstić information content (AvgIpc) is 3.38. The van der Waals surface area contributed by atoms with E-state index in [1.54, 1.807) is 23.5 Å². The zero-order valence-electron chi connectivity index (χ0n) is 26.9. The van der Waals surface area contributed by atoms with Crippen molar-refractivity contribution >= 4 is 29.5 Å². The number of carbonyl (C=O) groups is 1. The first-order valence-corrected chi connectivity index (χ1v) is 17.2. The van der Waals surface area contributed by atoms with Crippen LogP contribution in [0, 0.1) is 0 Å². The first-order valence-electron chi connectivity index (χ1n) is 15.4. The maximum absolute atomic E-state index is 11.6. The summed E-state index contributed by atoms with van der Waals surface area (Å²) in [5.74, 6) is 2.32. The number of carbonyl (C=O) groups excluding carboxylic acids is 1. The van der Waals surface area contributed by atoms with Crippen LogP contribution in [0.15, 0.2) is 81.7 Å². The molecule has 0 radical (unpaired) electrons. The SMILES string of the molecule is CCCCCCCOc1cc(Sc2nnc(-c3ccc(C(C)(C)C)cc3)n2C)ccc1CSc1ccc(CC(=O)OC)cc1. The lowest BCUT2D eigenvalue weighted by Crippen LogP contribution is -2.10. The van der Waals surface area contributed by atoms with Gasteiger partial charge in [0.1, 0.15) is 5.75 Å². The lowest BCUT2D eigenvalue weighted by atomic mass is 9.87. The molecule has 0 aliphatic carbocycles. The second-order valence-corrected chi connectivity index (χ2v) is 14.1. The van der Waals surface area contributed by atoms with Crippen LogP contribution in [0.1, 0.15) is 76.5 Å². The van der Waals surface area contributed by atoms with E-state index in [0.29, 0.717) is 6.61 Å². The number of ether oxygens (including phenoxy) is 2. The van der Waals surface area contributed by atoms with Gasteiger partial charge in [-0.05, 0) is 59.0 Å². The lowest BCUT2D eigenvalue weighted by molar-refractivity contribution is -0.139. The van der Waals surface area contributed by atoms with Crippen molar-refractivity contribution in [2.75, 3.05) is 13.7 Å². The number of hydrogen-bond donors (Lipinski definition) is 0. The first-order chi connectivity index (χ1) is 21.2. The molecule has 3 aromatic carbocycles. The third-order valence-electron chi connectivity index (χ3n) is 7.49. The minimum Gasteiger partial charge on any atom is -0.493 e. The Morgan fingerprint density at radius 3 is 2.27 bits per heavy atom. The Bertz CT molecular complexity index is 1490. The highest BCUT2D eigenvalue weighted by Crippen LogP contribution is 2.35. The Kier molecular flexibility index (Phi) is 12.4. The van der Waals surface area contributed by atoms with Gasteiger partial charge in [-0.3, -0.25) is 4.79 Å². The largest absolute Gasteiger partial charge is 0.493 e. The third kappa shape index (κ3) is 9.63. The zero-order valence-corrected chi connectivity index (χ0v) is 28.5. The van der Waals surface area contributed by atoms with Crippen molar-refractivity contribution in [1.29, 1.82) is 0 Å². The molecule has 4 aromatic rings. The highest BCUT2D eigenvalue weighted by molar-refractivity contribution is 7.99. The fraction of sp³-hybridized carbons (Fsp3) is 0.417. The predicted octanol–water partition coefficient (Wildman–Crippen LogP) is 9.29. The van der Waals surface area contributed by atoms with Gasteiger partial charge < -0.3 is 14.0 Å². The average molecular weight is 632 g/mol. The standard InChI is InChI=1S/C36H45N3O3S2/c1-7-8-9-10-11-22-42-32-24-31(21-16-28(32)25-43-30-19-12-26(13-20-30)23-33(40)41-6)44-35-38-37-34(39(35)5)27-14-17-29(18-15-27)36(2,3)4/h12-21,24H,7-11,22-23,25H2,1-6H3. The molecule has 0 aliphatic heterocycles. The van der Waals surface area contributed by atoms with Crippen LogP contribution in [0.2, 0.25) is 0 Å². The Hall–Kier alpha value is -3.23. The normalized spacial score (nSPS) is 11.5. The number of methoxy groups -OCH3 is 1. The van der Waals surface area contributed by atoms with E-state index in [0.717, 1.165) is 55.4 Å². The summed E-state index contributed by atoms with van der Waals surface area (Å²) < 4.78 is 13.2. The number of aromatic nitrogens is 3. The number of nitrogens with zero attached hydrogens (tertiary/aromatic N) is 3. The van der Waals surface area contributed by atoms with Crippen LogP contribution in [-0.4, -0.2) is 34.5 Å². The van der Waals surface area contributed by atoms with Gasteiger partial charge in [0.25, 0.3) is 0 Å². The smallest absolute Gasteiger partial charge is 0.309 e. The number of thioether (sulfide) groups is 1. The van der Waals surface area contributed by atoms with E-state index in [1.807, 2.05) is 19.2 Å². The summed E-state index contributed by atoms with van der Waals surface area (Å²) in [7, 11) is 3.43. The predicted molar refractivity (Wildman–Crippen MR) is 182 cm³/mol. The topological polar surface area (TPSA) is 66.2 Å². The highest BCUT2D eigenvalue weighted by atomic mass is 32.2. The van der Waals surface area contributed by atoms with Crippen LogP contribution in [0.5, 0.6) is 5.75 Å². The van der Waals surface area contributed by atoms with E-state index in [-0.39, 0.29) is 17.8 Å². The Balaban J connectivity index is 1.47. The van der Waals surface area contributed by atoms with Gasteiger partial charge in [-0.15, -0.1) is 22.0 Å². The number of esters is 1. The van der Waals surface area contributed by atoms with Crippen LogP contribution >= 0.6 is 23.5 Å². The van der Waals surface area contributed by atoms with Crippen molar-refractivity contribution in [3.05, 3.63) is 83.4 Å². The van der Waals surface area contributed by atoms with Gasteiger partial charge in [0.2, 0.25) is 0 Å². The maximum Gasteiger partial charge on any atom is 0.309 e. The van der Waals surface area contributed by atoms with Crippen LogP contribution in [0.3, 0.4) is 0 Å². The van der Waals surface area contributed by atoms with Gasteiger partial charge in [-0.1, -0.05) is 95.8 Å². The van der Waals surface area contributed by atoms with Crippen molar-refractivity contribution < 1.29 is 14.3 Å².